The van der Waals surface area contributed by atoms with Crippen molar-refractivity contribution in [1.29, 1.82) is 0 Å². The average Bonchev–Trinajstić information content (AvgIpc) is 3.24. The Morgan fingerprint density at radius 1 is 0.967 bits per heavy atom. The highest BCUT2D eigenvalue weighted by atomic mass is 16.2. The summed E-state index contributed by atoms with van der Waals surface area (Å²) in [5, 5.41) is 1.06. The van der Waals surface area contributed by atoms with E-state index in [1.165, 1.54) is 0 Å². The van der Waals surface area contributed by atoms with Gasteiger partial charge in [0.15, 0.2) is 5.65 Å². The van der Waals surface area contributed by atoms with E-state index in [2.05, 4.69) is 43.8 Å². The van der Waals surface area contributed by atoms with Crippen LogP contribution in [0.5, 0.6) is 0 Å². The molecule has 5 heterocycles. The molecular weight excluding hydrogens is 378 g/mol. The lowest BCUT2D eigenvalue weighted by Gasteiger charge is -2.37. The molecule has 30 heavy (non-hydrogen) atoms. The van der Waals surface area contributed by atoms with E-state index in [-0.39, 0.29) is 11.9 Å². The quantitative estimate of drug-likeness (QED) is 0.662. The molecule has 0 aromatic carbocycles. The van der Waals surface area contributed by atoms with E-state index in [0.717, 1.165) is 67.5 Å². The van der Waals surface area contributed by atoms with Gasteiger partial charge in [0.25, 0.3) is 0 Å². The van der Waals surface area contributed by atoms with Gasteiger partial charge in [0.2, 0.25) is 11.9 Å². The highest BCUT2D eigenvalue weighted by Gasteiger charge is 2.25. The van der Waals surface area contributed by atoms with Crippen molar-refractivity contribution in [3.63, 3.8) is 0 Å². The van der Waals surface area contributed by atoms with Crippen molar-refractivity contribution in [1.82, 2.24) is 24.8 Å². The van der Waals surface area contributed by atoms with Crippen LogP contribution in [0.1, 0.15) is 31.5 Å². The molecule has 0 spiro atoms. The summed E-state index contributed by atoms with van der Waals surface area (Å²) in [5.41, 5.74) is 2.64. The predicted octanol–water partition coefficient (Wildman–Crippen LogP) is 2.43. The van der Waals surface area contributed by atoms with E-state index in [4.69, 9.17) is 4.98 Å². The van der Waals surface area contributed by atoms with Crippen molar-refractivity contribution in [2.24, 2.45) is 0 Å². The molecule has 2 fully saturated rings. The summed E-state index contributed by atoms with van der Waals surface area (Å²) < 4.78 is 0. The summed E-state index contributed by atoms with van der Waals surface area (Å²) in [5.74, 6) is 0.886. The Morgan fingerprint density at radius 3 is 2.50 bits per heavy atom. The maximum absolute atomic E-state index is 11.9. The van der Waals surface area contributed by atoms with Crippen LogP contribution in [-0.4, -0.2) is 63.5 Å². The Morgan fingerprint density at radius 2 is 1.77 bits per heavy atom. The summed E-state index contributed by atoms with van der Waals surface area (Å²) in [6.07, 6.45) is 6.85. The fraction of sp³-hybridized carbons (Fsp3) is 0.409. The van der Waals surface area contributed by atoms with E-state index in [0.29, 0.717) is 6.42 Å². The zero-order valence-electron chi connectivity index (χ0n) is 17.1. The molecule has 1 amide bonds. The van der Waals surface area contributed by atoms with Gasteiger partial charge in [0.1, 0.15) is 0 Å². The Balaban J connectivity index is 1.22. The third-order valence-electron chi connectivity index (χ3n) is 6.07. The number of rotatable bonds is 4. The van der Waals surface area contributed by atoms with E-state index >= 15 is 0 Å². The Bertz CT molecular complexity index is 1050. The van der Waals surface area contributed by atoms with Gasteiger partial charge in [-0.05, 0) is 37.6 Å². The number of anilines is 2. The number of nitrogens with zero attached hydrogens (tertiary/aromatic N) is 7. The first kappa shape index (κ1) is 18.9. The minimum Gasteiger partial charge on any atom is -0.338 e. The van der Waals surface area contributed by atoms with Crippen molar-refractivity contribution in [2.75, 3.05) is 42.5 Å². The second-order valence-corrected chi connectivity index (χ2v) is 7.88. The van der Waals surface area contributed by atoms with Crippen LogP contribution >= 0.6 is 0 Å². The number of carbonyl (C=O) groups is 1. The monoisotopic (exact) mass is 403 g/mol. The number of carbonyl (C=O) groups excluding carboxylic acids is 1. The standard InChI is InChI=1S/C22H25N7O/c1-16(19-7-6-17-4-2-8-23-21(17)26-19)27-10-12-28(13-11-27)22-24-14-18(15-25-22)29-9-3-5-20(29)30/h2,4,6-8,14-16H,3,5,9-13H2,1H3. The SMILES string of the molecule is CC(c1ccc2cccnc2n1)N1CCN(c2ncc(N3CCCC3=O)cn2)CC1. The number of pyridine rings is 2. The van der Waals surface area contributed by atoms with Gasteiger partial charge >= 0.3 is 0 Å². The minimum atomic E-state index is 0.159. The number of amides is 1. The normalized spacial score (nSPS) is 18.9. The molecule has 1 atom stereocenters. The lowest BCUT2D eigenvalue weighted by molar-refractivity contribution is -0.117. The summed E-state index contributed by atoms with van der Waals surface area (Å²) in [6, 6.07) is 8.39. The summed E-state index contributed by atoms with van der Waals surface area (Å²) >= 11 is 0. The Hall–Kier alpha value is -3.13. The molecule has 8 heteroatoms. The molecular formula is C22H25N7O. The smallest absolute Gasteiger partial charge is 0.227 e. The molecule has 1 unspecified atom stereocenters. The molecule has 0 saturated carbocycles. The average molecular weight is 403 g/mol. The van der Waals surface area contributed by atoms with E-state index < -0.39 is 0 Å². The zero-order chi connectivity index (χ0) is 20.5. The minimum absolute atomic E-state index is 0.159. The van der Waals surface area contributed by atoms with Crippen LogP contribution in [0.4, 0.5) is 11.6 Å². The highest BCUT2D eigenvalue weighted by Crippen LogP contribution is 2.24. The van der Waals surface area contributed by atoms with Gasteiger partial charge in [0.05, 0.1) is 23.8 Å². The zero-order valence-corrected chi connectivity index (χ0v) is 17.1. The number of hydrogen-bond donors (Lipinski definition) is 0. The fourth-order valence-electron chi connectivity index (χ4n) is 4.23. The van der Waals surface area contributed by atoms with Gasteiger partial charge in [-0.1, -0.05) is 0 Å². The maximum Gasteiger partial charge on any atom is 0.227 e. The van der Waals surface area contributed by atoms with Crippen LogP contribution in [0.25, 0.3) is 11.0 Å². The maximum atomic E-state index is 11.9. The third-order valence-corrected chi connectivity index (χ3v) is 6.07. The molecule has 2 aliphatic heterocycles. The van der Waals surface area contributed by atoms with Gasteiger partial charge in [-0.15, -0.1) is 0 Å². The van der Waals surface area contributed by atoms with Crippen LogP contribution in [0.2, 0.25) is 0 Å². The summed E-state index contributed by atoms with van der Waals surface area (Å²) in [6.45, 7) is 6.51. The van der Waals surface area contributed by atoms with Crippen LogP contribution in [0, 0.1) is 0 Å². The lowest BCUT2D eigenvalue weighted by Crippen LogP contribution is -2.47. The lowest BCUT2D eigenvalue weighted by atomic mass is 10.1. The van der Waals surface area contributed by atoms with E-state index in [1.54, 1.807) is 23.5 Å². The van der Waals surface area contributed by atoms with Crippen LogP contribution in [0.15, 0.2) is 42.9 Å². The largest absolute Gasteiger partial charge is 0.338 e. The second-order valence-electron chi connectivity index (χ2n) is 7.88. The number of piperazine rings is 1. The first-order valence-corrected chi connectivity index (χ1v) is 10.5. The molecule has 2 saturated heterocycles. The van der Waals surface area contributed by atoms with Crippen LogP contribution in [0.3, 0.4) is 0 Å². The molecule has 3 aromatic heterocycles. The highest BCUT2D eigenvalue weighted by molar-refractivity contribution is 5.95. The summed E-state index contributed by atoms with van der Waals surface area (Å²) in [7, 11) is 0. The molecule has 2 aliphatic rings. The number of aromatic nitrogens is 4. The van der Waals surface area contributed by atoms with E-state index in [9.17, 15) is 4.79 Å². The van der Waals surface area contributed by atoms with Crippen molar-refractivity contribution in [3.8, 4) is 0 Å². The molecule has 0 radical (unpaired) electrons. The van der Waals surface area contributed by atoms with Crippen molar-refractivity contribution in [2.45, 2.75) is 25.8 Å². The van der Waals surface area contributed by atoms with Crippen molar-refractivity contribution in [3.05, 3.63) is 48.5 Å². The molecule has 0 bridgehead atoms. The number of fused-ring (bicyclic) bond motifs is 1. The van der Waals surface area contributed by atoms with Crippen LogP contribution < -0.4 is 9.80 Å². The topological polar surface area (TPSA) is 78.4 Å². The second kappa shape index (κ2) is 7.95. The molecule has 0 N–H and O–H groups in total. The fourth-order valence-corrected chi connectivity index (χ4v) is 4.23. The Labute approximate surface area is 175 Å². The van der Waals surface area contributed by atoms with Gasteiger partial charge in [-0.2, -0.15) is 0 Å². The first-order chi connectivity index (χ1) is 14.7. The molecule has 154 valence electrons. The summed E-state index contributed by atoms with van der Waals surface area (Å²) in [4.78, 5) is 36.5. The van der Waals surface area contributed by atoms with Gasteiger partial charge < -0.3 is 9.80 Å². The van der Waals surface area contributed by atoms with Crippen molar-refractivity contribution < 1.29 is 4.79 Å². The predicted molar refractivity (Wildman–Crippen MR) is 115 cm³/mol. The molecule has 3 aromatic rings. The van der Waals surface area contributed by atoms with E-state index in [1.807, 2.05) is 12.1 Å². The van der Waals surface area contributed by atoms with Gasteiger partial charge in [0, 0.05) is 56.8 Å². The van der Waals surface area contributed by atoms with Gasteiger partial charge in [-0.3, -0.25) is 9.69 Å². The molecule has 0 aliphatic carbocycles. The van der Waals surface area contributed by atoms with Crippen molar-refractivity contribution >= 4 is 28.6 Å². The number of hydrogen-bond acceptors (Lipinski definition) is 7. The Kier molecular flexibility index (Phi) is 5.00. The first-order valence-electron chi connectivity index (χ1n) is 10.5. The third kappa shape index (κ3) is 3.59. The van der Waals surface area contributed by atoms with Crippen LogP contribution in [-0.2, 0) is 4.79 Å². The molecule has 5 rings (SSSR count). The molecule has 8 nitrogen and oxygen atoms in total. The van der Waals surface area contributed by atoms with Gasteiger partial charge in [-0.25, -0.2) is 19.9 Å².